The number of hydrogen-bond donors (Lipinski definition) is 3. The van der Waals surface area contributed by atoms with Crippen LogP contribution in [0.2, 0.25) is 0 Å². The molecule has 1 fully saturated rings. The van der Waals surface area contributed by atoms with Crippen LogP contribution in [0.1, 0.15) is 27.2 Å². The van der Waals surface area contributed by atoms with Crippen LogP contribution in [0.4, 0.5) is 4.79 Å². The fourth-order valence-electron chi connectivity index (χ4n) is 1.71. The van der Waals surface area contributed by atoms with Gasteiger partial charge in [0.15, 0.2) is 0 Å². The van der Waals surface area contributed by atoms with Crippen LogP contribution in [-0.2, 0) is 4.79 Å². The van der Waals surface area contributed by atoms with Gasteiger partial charge in [-0.2, -0.15) is 0 Å². The van der Waals surface area contributed by atoms with Crippen LogP contribution >= 0.6 is 0 Å². The molecule has 1 saturated heterocycles. The number of nitrogens with one attached hydrogen (secondary N) is 1. The van der Waals surface area contributed by atoms with Crippen molar-refractivity contribution in [2.45, 2.75) is 39.3 Å². The maximum atomic E-state index is 11.8. The number of carboxylic acids is 1. The number of nitrogens with zero attached hydrogens (tertiary/aromatic N) is 1. The van der Waals surface area contributed by atoms with Crippen molar-refractivity contribution in [2.75, 3.05) is 13.1 Å². The van der Waals surface area contributed by atoms with Crippen molar-refractivity contribution in [3.05, 3.63) is 0 Å². The Morgan fingerprint density at radius 2 is 2.00 bits per heavy atom. The number of carbonyl (C=O) groups is 2. The monoisotopic (exact) mass is 244 g/mol. The molecule has 1 rings (SSSR count). The lowest BCUT2D eigenvalue weighted by Gasteiger charge is -2.25. The zero-order valence-corrected chi connectivity index (χ0v) is 10.4. The van der Waals surface area contributed by atoms with Gasteiger partial charge < -0.3 is 20.4 Å². The smallest absolute Gasteiger partial charge is 0.326 e. The number of aliphatic hydroxyl groups excluding tert-OH is 1. The summed E-state index contributed by atoms with van der Waals surface area (Å²) in [4.78, 5) is 23.9. The predicted molar refractivity (Wildman–Crippen MR) is 61.6 cm³/mol. The second kappa shape index (κ2) is 4.91. The third-order valence-electron chi connectivity index (χ3n) is 2.59. The fraction of sp³-hybridized carbons (Fsp3) is 0.818. The number of hydrogen-bond acceptors (Lipinski definition) is 3. The molecule has 0 aliphatic carbocycles. The number of likely N-dealkylation sites (tertiary alicyclic amines) is 1. The minimum Gasteiger partial charge on any atom is -0.480 e. The first kappa shape index (κ1) is 13.8. The van der Waals surface area contributed by atoms with Gasteiger partial charge in [-0.3, -0.25) is 0 Å². The highest BCUT2D eigenvalue weighted by atomic mass is 16.4. The quantitative estimate of drug-likeness (QED) is 0.650. The number of carboxylic acid groups (broad SMARTS) is 1. The van der Waals surface area contributed by atoms with E-state index in [1.807, 2.05) is 20.8 Å². The maximum Gasteiger partial charge on any atom is 0.326 e. The van der Waals surface area contributed by atoms with Gasteiger partial charge >= 0.3 is 12.0 Å². The summed E-state index contributed by atoms with van der Waals surface area (Å²) in [6, 6.07) is -1.35. The van der Waals surface area contributed by atoms with Gasteiger partial charge in [0.1, 0.15) is 6.04 Å². The van der Waals surface area contributed by atoms with E-state index in [0.717, 1.165) is 0 Å². The van der Waals surface area contributed by atoms with E-state index in [-0.39, 0.29) is 18.4 Å². The van der Waals surface area contributed by atoms with E-state index in [4.69, 9.17) is 5.11 Å². The van der Waals surface area contributed by atoms with Crippen LogP contribution in [0.25, 0.3) is 0 Å². The molecule has 98 valence electrons. The Morgan fingerprint density at radius 1 is 1.41 bits per heavy atom. The Balaban J connectivity index is 2.59. The summed E-state index contributed by atoms with van der Waals surface area (Å²) in [5.74, 6) is -1.08. The van der Waals surface area contributed by atoms with Gasteiger partial charge in [-0.1, -0.05) is 20.8 Å². The van der Waals surface area contributed by atoms with Crippen LogP contribution in [0.5, 0.6) is 0 Å². The van der Waals surface area contributed by atoms with Crippen molar-refractivity contribution in [3.8, 4) is 0 Å². The predicted octanol–water partition coefficient (Wildman–Crippen LogP) is 0.262. The summed E-state index contributed by atoms with van der Waals surface area (Å²) in [5.41, 5.74) is -0.0628. The second-order valence-electron chi connectivity index (χ2n) is 5.62. The average molecular weight is 244 g/mol. The molecule has 2 amide bonds. The number of urea groups is 1. The SMILES string of the molecule is CC(C)(C)CNC(=O)N1CC(O)C[C@H]1C(=O)O. The third-order valence-corrected chi connectivity index (χ3v) is 2.59. The van der Waals surface area contributed by atoms with Crippen LogP contribution < -0.4 is 5.32 Å². The Morgan fingerprint density at radius 3 is 2.47 bits per heavy atom. The lowest BCUT2D eigenvalue weighted by molar-refractivity contribution is -0.141. The molecule has 1 heterocycles. The number of carbonyl (C=O) groups excluding carboxylic acids is 1. The minimum absolute atomic E-state index is 0.0628. The van der Waals surface area contributed by atoms with E-state index in [2.05, 4.69) is 5.32 Å². The molecule has 6 nitrogen and oxygen atoms in total. The van der Waals surface area contributed by atoms with E-state index in [1.54, 1.807) is 0 Å². The minimum atomic E-state index is -1.08. The second-order valence-corrected chi connectivity index (χ2v) is 5.62. The molecule has 0 bridgehead atoms. The molecule has 1 unspecified atom stereocenters. The largest absolute Gasteiger partial charge is 0.480 e. The van der Waals surface area contributed by atoms with Crippen LogP contribution in [-0.4, -0.2) is 52.3 Å². The molecule has 1 aliphatic heterocycles. The molecule has 17 heavy (non-hydrogen) atoms. The highest BCUT2D eigenvalue weighted by molar-refractivity contribution is 5.83. The molecular weight excluding hydrogens is 224 g/mol. The molecule has 0 aromatic rings. The van der Waals surface area contributed by atoms with E-state index in [0.29, 0.717) is 6.54 Å². The summed E-state index contributed by atoms with van der Waals surface area (Å²) < 4.78 is 0. The van der Waals surface area contributed by atoms with Gasteiger partial charge in [0.25, 0.3) is 0 Å². The summed E-state index contributed by atoms with van der Waals surface area (Å²) in [6.07, 6.45) is -0.658. The molecule has 2 atom stereocenters. The van der Waals surface area contributed by atoms with Crippen LogP contribution in [0, 0.1) is 5.41 Å². The first-order chi connectivity index (χ1) is 7.70. The Labute approximate surface area is 101 Å². The zero-order valence-electron chi connectivity index (χ0n) is 10.4. The first-order valence-corrected chi connectivity index (χ1v) is 5.66. The standard InChI is InChI=1S/C11H20N2O4/c1-11(2,3)6-12-10(17)13-5-7(14)4-8(13)9(15)16/h7-8,14H,4-6H2,1-3H3,(H,12,17)(H,15,16)/t7?,8-/m0/s1. The zero-order chi connectivity index (χ0) is 13.2. The van der Waals surface area contributed by atoms with Crippen molar-refractivity contribution in [1.29, 1.82) is 0 Å². The summed E-state index contributed by atoms with van der Waals surface area (Å²) in [5, 5.41) is 21.0. The molecular formula is C11H20N2O4. The van der Waals surface area contributed by atoms with Gasteiger partial charge in [-0.05, 0) is 5.41 Å². The van der Waals surface area contributed by atoms with Gasteiger partial charge in [0.05, 0.1) is 6.10 Å². The molecule has 1 aliphatic rings. The normalized spacial score (nSPS) is 24.8. The Kier molecular flexibility index (Phi) is 3.98. The molecule has 3 N–H and O–H groups in total. The molecule has 6 heteroatoms. The molecule has 0 radical (unpaired) electrons. The Bertz CT molecular complexity index is 311. The van der Waals surface area contributed by atoms with Crippen molar-refractivity contribution in [2.24, 2.45) is 5.41 Å². The van der Waals surface area contributed by atoms with Crippen molar-refractivity contribution in [3.63, 3.8) is 0 Å². The van der Waals surface area contributed by atoms with Crippen molar-refractivity contribution < 1.29 is 19.8 Å². The van der Waals surface area contributed by atoms with Gasteiger partial charge in [0.2, 0.25) is 0 Å². The average Bonchev–Trinajstić information content (AvgIpc) is 2.55. The van der Waals surface area contributed by atoms with Crippen LogP contribution in [0.15, 0.2) is 0 Å². The van der Waals surface area contributed by atoms with Crippen LogP contribution in [0.3, 0.4) is 0 Å². The first-order valence-electron chi connectivity index (χ1n) is 5.66. The van der Waals surface area contributed by atoms with E-state index >= 15 is 0 Å². The number of aliphatic carboxylic acids is 1. The van der Waals surface area contributed by atoms with Gasteiger partial charge in [-0.25, -0.2) is 9.59 Å². The number of aliphatic hydroxyl groups is 1. The molecule has 0 saturated carbocycles. The van der Waals surface area contributed by atoms with Gasteiger partial charge in [-0.15, -0.1) is 0 Å². The highest BCUT2D eigenvalue weighted by Crippen LogP contribution is 2.18. The third kappa shape index (κ3) is 3.89. The number of rotatable bonds is 2. The lowest BCUT2D eigenvalue weighted by Crippen LogP contribution is -2.47. The van der Waals surface area contributed by atoms with E-state index < -0.39 is 24.1 Å². The summed E-state index contributed by atoms with van der Waals surface area (Å²) >= 11 is 0. The Hall–Kier alpha value is -1.30. The number of β-amino-alcohol motifs (C(OH)–C–C–N with tert-alkyl or cyclic N) is 1. The fourth-order valence-corrected chi connectivity index (χ4v) is 1.71. The number of amides is 2. The summed E-state index contributed by atoms with van der Waals surface area (Å²) in [6.45, 7) is 6.46. The summed E-state index contributed by atoms with van der Waals surface area (Å²) in [7, 11) is 0. The maximum absolute atomic E-state index is 11.8. The van der Waals surface area contributed by atoms with Crippen molar-refractivity contribution >= 4 is 12.0 Å². The molecule has 0 spiro atoms. The lowest BCUT2D eigenvalue weighted by atomic mass is 9.97. The van der Waals surface area contributed by atoms with E-state index in [1.165, 1.54) is 4.90 Å². The van der Waals surface area contributed by atoms with Crippen molar-refractivity contribution in [1.82, 2.24) is 10.2 Å². The topological polar surface area (TPSA) is 89.9 Å². The van der Waals surface area contributed by atoms with Gasteiger partial charge in [0, 0.05) is 19.5 Å². The van der Waals surface area contributed by atoms with E-state index in [9.17, 15) is 14.7 Å². The highest BCUT2D eigenvalue weighted by Gasteiger charge is 2.39. The molecule has 0 aromatic heterocycles. The molecule has 0 aromatic carbocycles.